The molecule has 19 heavy (non-hydrogen) atoms. The second kappa shape index (κ2) is 6.89. The van der Waals surface area contributed by atoms with E-state index in [4.69, 9.17) is 14.2 Å². The summed E-state index contributed by atoms with van der Waals surface area (Å²) in [5.41, 5.74) is 1.21. The predicted molar refractivity (Wildman–Crippen MR) is 74.6 cm³/mol. The van der Waals surface area contributed by atoms with Crippen LogP contribution in [-0.4, -0.2) is 39.1 Å². The van der Waals surface area contributed by atoms with E-state index >= 15 is 0 Å². The topological polar surface area (TPSA) is 39.7 Å². The van der Waals surface area contributed by atoms with Crippen molar-refractivity contribution in [2.24, 2.45) is 0 Å². The Hall–Kier alpha value is -1.10. The van der Waals surface area contributed by atoms with Crippen LogP contribution in [0.25, 0.3) is 0 Å². The molecule has 1 aromatic carbocycles. The van der Waals surface area contributed by atoms with Crippen molar-refractivity contribution in [2.75, 3.05) is 26.9 Å². The third kappa shape index (κ3) is 4.20. The van der Waals surface area contributed by atoms with Crippen LogP contribution in [0, 0.1) is 0 Å². The van der Waals surface area contributed by atoms with E-state index in [9.17, 15) is 0 Å². The lowest BCUT2D eigenvalue weighted by Crippen LogP contribution is -2.38. The zero-order valence-corrected chi connectivity index (χ0v) is 11.9. The van der Waals surface area contributed by atoms with Crippen molar-refractivity contribution in [2.45, 2.75) is 32.1 Å². The van der Waals surface area contributed by atoms with Gasteiger partial charge in [0.1, 0.15) is 11.9 Å². The fourth-order valence-electron chi connectivity index (χ4n) is 1.94. The molecular formula is C15H23NO3. The van der Waals surface area contributed by atoms with Crippen LogP contribution in [-0.2, 0) is 9.47 Å². The van der Waals surface area contributed by atoms with Crippen LogP contribution < -0.4 is 10.1 Å². The van der Waals surface area contributed by atoms with E-state index in [1.807, 2.05) is 33.0 Å². The molecule has 4 nitrogen and oxygen atoms in total. The fraction of sp³-hybridized carbons (Fsp3) is 0.600. The first kappa shape index (κ1) is 14.3. The van der Waals surface area contributed by atoms with Crippen molar-refractivity contribution in [3.63, 3.8) is 0 Å². The zero-order valence-electron chi connectivity index (χ0n) is 11.9. The van der Waals surface area contributed by atoms with E-state index in [1.54, 1.807) is 0 Å². The van der Waals surface area contributed by atoms with Gasteiger partial charge >= 0.3 is 0 Å². The Morgan fingerprint density at radius 2 is 1.95 bits per heavy atom. The summed E-state index contributed by atoms with van der Waals surface area (Å²) in [5.74, 6) is 0.905. The number of hydrogen-bond acceptors (Lipinski definition) is 4. The van der Waals surface area contributed by atoms with Gasteiger partial charge in [0.25, 0.3) is 0 Å². The van der Waals surface area contributed by atoms with Crippen LogP contribution >= 0.6 is 0 Å². The number of likely N-dealkylation sites (N-methyl/N-ethyl adjacent to an activating group) is 1. The molecule has 0 saturated carbocycles. The Morgan fingerprint density at radius 3 is 2.42 bits per heavy atom. The first-order valence-corrected chi connectivity index (χ1v) is 6.82. The highest BCUT2D eigenvalue weighted by Crippen LogP contribution is 2.20. The highest BCUT2D eigenvalue weighted by Gasteiger charge is 2.20. The van der Waals surface area contributed by atoms with Gasteiger partial charge in [0, 0.05) is 0 Å². The number of rotatable bonds is 7. The molecule has 2 rings (SSSR count). The van der Waals surface area contributed by atoms with Gasteiger partial charge in [0.2, 0.25) is 0 Å². The van der Waals surface area contributed by atoms with E-state index in [1.165, 1.54) is 5.56 Å². The monoisotopic (exact) mass is 265 g/mol. The molecule has 0 spiro atoms. The third-order valence-electron chi connectivity index (χ3n) is 3.11. The van der Waals surface area contributed by atoms with Crippen LogP contribution in [0.4, 0.5) is 0 Å². The third-order valence-corrected chi connectivity index (χ3v) is 3.11. The molecule has 106 valence electrons. The first-order valence-electron chi connectivity index (χ1n) is 6.82. The number of ether oxygens (including phenoxy) is 3. The van der Waals surface area contributed by atoms with Crippen molar-refractivity contribution >= 4 is 0 Å². The molecule has 1 atom stereocenters. The molecule has 1 aliphatic rings. The van der Waals surface area contributed by atoms with Gasteiger partial charge in [-0.1, -0.05) is 12.1 Å². The predicted octanol–water partition coefficient (Wildman–Crippen LogP) is 2.15. The van der Waals surface area contributed by atoms with Crippen LogP contribution in [0.5, 0.6) is 5.75 Å². The number of benzene rings is 1. The summed E-state index contributed by atoms with van der Waals surface area (Å²) >= 11 is 0. The summed E-state index contributed by atoms with van der Waals surface area (Å²) in [4.78, 5) is 0. The largest absolute Gasteiger partial charge is 0.491 e. The quantitative estimate of drug-likeness (QED) is 0.820. The van der Waals surface area contributed by atoms with Gasteiger partial charge in [-0.05, 0) is 38.6 Å². The Labute approximate surface area is 115 Å². The molecule has 0 aliphatic carbocycles. The maximum atomic E-state index is 5.76. The average Bonchev–Trinajstić information content (AvgIpc) is 2.33. The van der Waals surface area contributed by atoms with Crippen molar-refractivity contribution < 1.29 is 14.2 Å². The van der Waals surface area contributed by atoms with Crippen molar-refractivity contribution in [1.29, 1.82) is 0 Å². The minimum Gasteiger partial charge on any atom is -0.491 e. The van der Waals surface area contributed by atoms with Gasteiger partial charge in [0.05, 0.1) is 32.0 Å². The first-order chi connectivity index (χ1) is 9.19. The second-order valence-electron chi connectivity index (χ2n) is 5.07. The maximum absolute atomic E-state index is 5.76. The highest BCUT2D eigenvalue weighted by molar-refractivity contribution is 5.29. The molecule has 0 aromatic heterocycles. The molecule has 0 amide bonds. The van der Waals surface area contributed by atoms with Gasteiger partial charge < -0.3 is 19.5 Å². The summed E-state index contributed by atoms with van der Waals surface area (Å²) in [6, 6.07) is 8.38. The average molecular weight is 265 g/mol. The maximum Gasteiger partial charge on any atom is 0.119 e. The lowest BCUT2D eigenvalue weighted by molar-refractivity contribution is -0.133. The van der Waals surface area contributed by atoms with Crippen molar-refractivity contribution in [3.8, 4) is 5.75 Å². The van der Waals surface area contributed by atoms with E-state index < -0.39 is 0 Å². The fourth-order valence-corrected chi connectivity index (χ4v) is 1.94. The number of nitrogens with one attached hydrogen (secondary N) is 1. The van der Waals surface area contributed by atoms with Crippen molar-refractivity contribution in [3.05, 3.63) is 29.8 Å². The SMILES string of the molecule is CNC(COC1COC1)c1ccc(OC(C)C)cc1. The van der Waals surface area contributed by atoms with Crippen LogP contribution in [0.3, 0.4) is 0 Å². The van der Waals surface area contributed by atoms with E-state index in [2.05, 4.69) is 17.4 Å². The van der Waals surface area contributed by atoms with E-state index in [0.717, 1.165) is 19.0 Å². The molecular weight excluding hydrogens is 242 g/mol. The lowest BCUT2D eigenvalue weighted by Gasteiger charge is -2.28. The van der Waals surface area contributed by atoms with E-state index in [-0.39, 0.29) is 18.2 Å². The normalized spacial score (nSPS) is 17.3. The highest BCUT2D eigenvalue weighted by atomic mass is 16.6. The second-order valence-corrected chi connectivity index (χ2v) is 5.07. The smallest absolute Gasteiger partial charge is 0.119 e. The molecule has 1 N–H and O–H groups in total. The van der Waals surface area contributed by atoms with Gasteiger partial charge in [-0.2, -0.15) is 0 Å². The van der Waals surface area contributed by atoms with Gasteiger partial charge in [-0.3, -0.25) is 0 Å². The molecule has 1 unspecified atom stereocenters. The number of hydrogen-bond donors (Lipinski definition) is 1. The summed E-state index contributed by atoms with van der Waals surface area (Å²) in [5, 5.41) is 3.28. The molecule has 1 saturated heterocycles. The molecule has 1 aromatic rings. The summed E-state index contributed by atoms with van der Waals surface area (Å²) < 4.78 is 16.5. The molecule has 0 radical (unpaired) electrons. The van der Waals surface area contributed by atoms with Crippen LogP contribution in [0.2, 0.25) is 0 Å². The molecule has 0 bridgehead atoms. The van der Waals surface area contributed by atoms with Crippen LogP contribution in [0.15, 0.2) is 24.3 Å². The minimum absolute atomic E-state index is 0.202. The van der Waals surface area contributed by atoms with Crippen molar-refractivity contribution in [1.82, 2.24) is 5.32 Å². The Kier molecular flexibility index (Phi) is 5.19. The summed E-state index contributed by atoms with van der Waals surface area (Å²) in [7, 11) is 1.95. The Bertz CT molecular complexity index is 373. The zero-order chi connectivity index (χ0) is 13.7. The lowest BCUT2D eigenvalue weighted by atomic mass is 10.1. The van der Waals surface area contributed by atoms with Gasteiger partial charge in [0.15, 0.2) is 0 Å². The molecule has 1 fully saturated rings. The standard InChI is InChI=1S/C15H23NO3/c1-11(2)19-13-6-4-12(5-7-13)15(16-3)10-18-14-8-17-9-14/h4-7,11,14-16H,8-10H2,1-3H3. The van der Waals surface area contributed by atoms with Gasteiger partial charge in [-0.25, -0.2) is 0 Å². The van der Waals surface area contributed by atoms with E-state index in [0.29, 0.717) is 6.61 Å². The molecule has 1 heterocycles. The Morgan fingerprint density at radius 1 is 1.26 bits per heavy atom. The molecule has 1 aliphatic heterocycles. The van der Waals surface area contributed by atoms with Crippen LogP contribution in [0.1, 0.15) is 25.5 Å². The molecule has 4 heteroatoms. The summed E-state index contributed by atoms with van der Waals surface area (Å²) in [6.45, 7) is 6.15. The Balaban J connectivity index is 1.89. The van der Waals surface area contributed by atoms with Gasteiger partial charge in [-0.15, -0.1) is 0 Å². The summed E-state index contributed by atoms with van der Waals surface area (Å²) in [6.07, 6.45) is 0.465. The minimum atomic E-state index is 0.202.